The van der Waals surface area contributed by atoms with Gasteiger partial charge in [0.25, 0.3) is 0 Å². The zero-order chi connectivity index (χ0) is 28.4. The highest BCUT2D eigenvalue weighted by atomic mass is 16.5. The van der Waals surface area contributed by atoms with E-state index in [0.29, 0.717) is 19.6 Å². The number of likely N-dealkylation sites (N-methyl/N-ethyl adjacent to an activating group) is 1. The maximum absolute atomic E-state index is 12.5. The van der Waals surface area contributed by atoms with Gasteiger partial charge in [-0.05, 0) is 55.8 Å². The Hall–Kier alpha value is -3.64. The first-order valence-corrected chi connectivity index (χ1v) is 14.4. The number of benzene rings is 3. The number of carbonyl (C=O) groups excluding carboxylic acids is 2. The Morgan fingerprint density at radius 3 is 2.02 bits per heavy atom. The van der Waals surface area contributed by atoms with Crippen LogP contribution in [0.25, 0.3) is 11.1 Å². The van der Waals surface area contributed by atoms with Crippen LogP contribution in [0.15, 0.2) is 84.9 Å². The second-order valence-corrected chi connectivity index (χ2v) is 10.5. The van der Waals surface area contributed by atoms with E-state index >= 15 is 0 Å². The van der Waals surface area contributed by atoms with Crippen molar-refractivity contribution in [2.75, 3.05) is 27.2 Å². The number of nitrogens with zero attached hydrogens (tertiary/aromatic N) is 1. The molecule has 0 bridgehead atoms. The van der Waals surface area contributed by atoms with Gasteiger partial charge in [0, 0.05) is 13.0 Å². The van der Waals surface area contributed by atoms with E-state index in [1.165, 1.54) is 11.1 Å². The molecule has 0 aliphatic heterocycles. The monoisotopic (exact) mass is 544 g/mol. The number of ether oxygens (including phenoxy) is 2. The summed E-state index contributed by atoms with van der Waals surface area (Å²) in [5.74, 6) is 0.598. The number of amides is 1. The quantitative estimate of drug-likeness (QED) is 0.144. The van der Waals surface area contributed by atoms with Crippen molar-refractivity contribution in [2.24, 2.45) is 0 Å². The summed E-state index contributed by atoms with van der Waals surface area (Å²) in [6.07, 6.45) is 6.88. The molecule has 6 nitrogen and oxygen atoms in total. The van der Waals surface area contributed by atoms with Crippen LogP contribution in [0.3, 0.4) is 0 Å². The highest BCUT2D eigenvalue weighted by Crippen LogP contribution is 2.22. The minimum absolute atomic E-state index is 0.00519. The molecule has 214 valence electrons. The highest BCUT2D eigenvalue weighted by molar-refractivity contribution is 5.77. The third-order valence-electron chi connectivity index (χ3n) is 6.63. The maximum atomic E-state index is 12.5. The van der Waals surface area contributed by atoms with Crippen molar-refractivity contribution in [2.45, 2.75) is 64.0 Å². The molecule has 0 spiro atoms. The van der Waals surface area contributed by atoms with Crippen LogP contribution in [-0.4, -0.2) is 50.1 Å². The van der Waals surface area contributed by atoms with Crippen LogP contribution in [0, 0.1) is 0 Å². The number of esters is 1. The van der Waals surface area contributed by atoms with Crippen LogP contribution in [0.5, 0.6) is 5.75 Å². The molecular weight excluding hydrogens is 500 g/mol. The molecular formula is C34H44N2O4. The lowest BCUT2D eigenvalue weighted by atomic mass is 10.1. The van der Waals surface area contributed by atoms with Crippen molar-refractivity contribution >= 4 is 11.9 Å². The summed E-state index contributed by atoms with van der Waals surface area (Å²) in [7, 11) is 3.86. The molecule has 0 radical (unpaired) electrons. The fraction of sp³-hybridized carbons (Fsp3) is 0.412. The molecule has 0 heterocycles. The van der Waals surface area contributed by atoms with E-state index in [9.17, 15) is 9.59 Å². The molecule has 3 aromatic carbocycles. The molecule has 3 rings (SSSR count). The molecule has 40 heavy (non-hydrogen) atoms. The van der Waals surface area contributed by atoms with E-state index in [1.54, 1.807) is 0 Å². The third kappa shape index (κ3) is 12.5. The van der Waals surface area contributed by atoms with Gasteiger partial charge in [0.05, 0.1) is 19.1 Å². The number of carbonyl (C=O) groups is 2. The molecule has 1 N–H and O–H groups in total. The highest BCUT2D eigenvalue weighted by Gasteiger charge is 2.18. The first kappa shape index (κ1) is 30.9. The minimum atomic E-state index is -0.302. The van der Waals surface area contributed by atoms with Crippen molar-refractivity contribution < 1.29 is 19.1 Å². The van der Waals surface area contributed by atoms with Crippen LogP contribution >= 0.6 is 0 Å². The van der Waals surface area contributed by atoms with E-state index in [-0.39, 0.29) is 30.9 Å². The standard InChI is InChI=1S/C34H44N2O4/c1-36(2)26-31(25-34(38)40-27-28-15-9-7-10-16-28)35-33(37)19-13-5-3-4-6-14-24-39-32-22-20-30(21-23-32)29-17-11-8-12-18-29/h7-12,15-18,20-23,31H,3-6,13-14,19,24-27H2,1-2H3,(H,35,37). The Morgan fingerprint density at radius 2 is 1.35 bits per heavy atom. The average molecular weight is 545 g/mol. The van der Waals surface area contributed by atoms with Crippen LogP contribution in [-0.2, 0) is 20.9 Å². The van der Waals surface area contributed by atoms with Crippen LogP contribution in [0.2, 0.25) is 0 Å². The van der Waals surface area contributed by atoms with Crippen molar-refractivity contribution in [3.8, 4) is 16.9 Å². The molecule has 0 saturated heterocycles. The Labute approximate surface area is 239 Å². The molecule has 0 aromatic heterocycles. The van der Waals surface area contributed by atoms with E-state index in [4.69, 9.17) is 9.47 Å². The van der Waals surface area contributed by atoms with Crippen molar-refractivity contribution in [3.63, 3.8) is 0 Å². The number of hydrogen-bond acceptors (Lipinski definition) is 5. The summed E-state index contributed by atoms with van der Waals surface area (Å²) in [6, 6.07) is 27.9. The molecule has 0 aliphatic carbocycles. The van der Waals surface area contributed by atoms with Gasteiger partial charge >= 0.3 is 5.97 Å². The normalized spacial score (nSPS) is 11.7. The number of unbranched alkanes of at least 4 members (excludes halogenated alkanes) is 5. The Kier molecular flexibility index (Phi) is 13.8. The van der Waals surface area contributed by atoms with E-state index in [1.807, 2.05) is 79.7 Å². The van der Waals surface area contributed by atoms with Gasteiger partial charge in [0.2, 0.25) is 5.91 Å². The lowest BCUT2D eigenvalue weighted by molar-refractivity contribution is -0.145. The lowest BCUT2D eigenvalue weighted by Gasteiger charge is -2.22. The molecule has 6 heteroatoms. The SMILES string of the molecule is CN(C)CC(CC(=O)OCc1ccccc1)NC(=O)CCCCCCCCOc1ccc(-c2ccccc2)cc1. The topological polar surface area (TPSA) is 67.9 Å². The predicted molar refractivity (Wildman–Crippen MR) is 161 cm³/mol. The average Bonchev–Trinajstić information content (AvgIpc) is 2.96. The second-order valence-electron chi connectivity index (χ2n) is 10.5. The molecule has 3 aromatic rings. The van der Waals surface area contributed by atoms with Gasteiger partial charge in [0.1, 0.15) is 12.4 Å². The lowest BCUT2D eigenvalue weighted by Crippen LogP contribution is -2.43. The number of hydrogen-bond donors (Lipinski definition) is 1. The summed E-state index contributed by atoms with van der Waals surface area (Å²) < 4.78 is 11.3. The van der Waals surface area contributed by atoms with Gasteiger partial charge in [0.15, 0.2) is 0 Å². The predicted octanol–water partition coefficient (Wildman–Crippen LogP) is 6.64. The maximum Gasteiger partial charge on any atom is 0.308 e. The molecule has 1 atom stereocenters. The van der Waals surface area contributed by atoms with E-state index in [0.717, 1.165) is 49.8 Å². The van der Waals surface area contributed by atoms with Gasteiger partial charge in [-0.1, -0.05) is 98.5 Å². The molecule has 0 fully saturated rings. The van der Waals surface area contributed by atoms with Crippen LogP contribution in [0.1, 0.15) is 56.9 Å². The van der Waals surface area contributed by atoms with Gasteiger partial charge in [-0.25, -0.2) is 0 Å². The summed E-state index contributed by atoms with van der Waals surface area (Å²) in [6.45, 7) is 1.55. The van der Waals surface area contributed by atoms with Gasteiger partial charge in [-0.3, -0.25) is 9.59 Å². The zero-order valence-corrected chi connectivity index (χ0v) is 24.0. The third-order valence-corrected chi connectivity index (χ3v) is 6.63. The first-order valence-electron chi connectivity index (χ1n) is 14.4. The first-order chi connectivity index (χ1) is 19.5. The molecule has 1 unspecified atom stereocenters. The van der Waals surface area contributed by atoms with E-state index < -0.39 is 0 Å². The fourth-order valence-electron chi connectivity index (χ4n) is 4.56. The van der Waals surface area contributed by atoms with Crippen LogP contribution < -0.4 is 10.1 Å². The second kappa shape index (κ2) is 17.9. The van der Waals surface area contributed by atoms with Crippen LogP contribution in [0.4, 0.5) is 0 Å². The van der Waals surface area contributed by atoms with Gasteiger partial charge in [-0.2, -0.15) is 0 Å². The number of rotatable bonds is 18. The Morgan fingerprint density at radius 1 is 0.750 bits per heavy atom. The summed E-state index contributed by atoms with van der Waals surface area (Å²) in [4.78, 5) is 26.8. The number of nitrogens with one attached hydrogen (secondary N) is 1. The van der Waals surface area contributed by atoms with Gasteiger partial charge in [-0.15, -0.1) is 0 Å². The Bertz CT molecular complexity index is 1120. The van der Waals surface area contributed by atoms with Crippen molar-refractivity contribution in [1.29, 1.82) is 0 Å². The van der Waals surface area contributed by atoms with Crippen molar-refractivity contribution in [3.05, 3.63) is 90.5 Å². The van der Waals surface area contributed by atoms with Crippen molar-refractivity contribution in [1.82, 2.24) is 10.2 Å². The largest absolute Gasteiger partial charge is 0.494 e. The summed E-state index contributed by atoms with van der Waals surface area (Å²) in [5.41, 5.74) is 3.35. The molecule has 0 saturated carbocycles. The summed E-state index contributed by atoms with van der Waals surface area (Å²) in [5, 5.41) is 3.03. The molecule has 0 aliphatic rings. The smallest absolute Gasteiger partial charge is 0.308 e. The van der Waals surface area contributed by atoms with E-state index in [2.05, 4.69) is 29.6 Å². The minimum Gasteiger partial charge on any atom is -0.494 e. The Balaban J connectivity index is 1.22. The van der Waals surface area contributed by atoms with Gasteiger partial charge < -0.3 is 19.7 Å². The molecule has 1 amide bonds. The zero-order valence-electron chi connectivity index (χ0n) is 24.0. The summed E-state index contributed by atoms with van der Waals surface area (Å²) >= 11 is 0. The fourth-order valence-corrected chi connectivity index (χ4v) is 4.56.